The van der Waals surface area contributed by atoms with Gasteiger partial charge >= 0.3 is 0 Å². The van der Waals surface area contributed by atoms with Gasteiger partial charge in [-0.3, -0.25) is 0 Å². The zero-order valence-corrected chi connectivity index (χ0v) is 10.8. The Morgan fingerprint density at radius 1 is 1.07 bits per heavy atom. The molecule has 0 N–H and O–H groups in total. The van der Waals surface area contributed by atoms with Crippen molar-refractivity contribution in [2.24, 2.45) is 0 Å². The van der Waals surface area contributed by atoms with E-state index in [1.165, 1.54) is 37.7 Å². The van der Waals surface area contributed by atoms with E-state index in [1.807, 2.05) is 13.8 Å². The van der Waals surface area contributed by atoms with Gasteiger partial charge in [-0.05, 0) is 33.1 Å². The molecule has 0 unspecified atom stereocenters. The van der Waals surface area contributed by atoms with Crippen molar-refractivity contribution in [2.75, 3.05) is 0 Å². The van der Waals surface area contributed by atoms with Crippen LogP contribution in [0.1, 0.15) is 66.7 Å². The lowest BCUT2D eigenvalue weighted by Gasteiger charge is -1.98. The summed E-state index contributed by atoms with van der Waals surface area (Å²) >= 11 is 0. The van der Waals surface area contributed by atoms with Crippen LogP contribution in [0.4, 0.5) is 0 Å². The van der Waals surface area contributed by atoms with Gasteiger partial charge in [0.15, 0.2) is 0 Å². The number of allylic oxidation sites excluding steroid dienone is 3. The maximum absolute atomic E-state index is 3.56. The normalized spacial score (nSPS) is 8.64. The van der Waals surface area contributed by atoms with E-state index in [0.717, 1.165) is 0 Å². The first-order valence-corrected chi connectivity index (χ1v) is 5.88. The van der Waals surface area contributed by atoms with Crippen molar-refractivity contribution < 1.29 is 0 Å². The molecule has 0 aromatic heterocycles. The Bertz CT molecular complexity index is 141. The summed E-state index contributed by atoms with van der Waals surface area (Å²) in [5.74, 6) is 0. The van der Waals surface area contributed by atoms with Gasteiger partial charge in [-0.1, -0.05) is 50.8 Å². The summed E-state index contributed by atoms with van der Waals surface area (Å²) in [6, 6.07) is 0. The molecule has 0 aliphatic heterocycles. The standard InChI is InChI=1S/C10H20.C4H8/c1-4-7-8-9-10(5-2)6-3;1-4(2)3/h9H,4-8H2,1-3H3;1H2,2-3H3. The van der Waals surface area contributed by atoms with E-state index in [0.29, 0.717) is 0 Å². The van der Waals surface area contributed by atoms with Gasteiger partial charge in [-0.15, -0.1) is 6.58 Å². The zero-order chi connectivity index (χ0) is 11.4. The van der Waals surface area contributed by atoms with Gasteiger partial charge in [-0.25, -0.2) is 0 Å². The van der Waals surface area contributed by atoms with Crippen molar-refractivity contribution in [1.82, 2.24) is 0 Å². The minimum atomic E-state index is 1.17. The molecule has 0 spiro atoms. The minimum Gasteiger partial charge on any atom is -0.100 e. The van der Waals surface area contributed by atoms with E-state index < -0.39 is 0 Å². The third-order valence-electron chi connectivity index (χ3n) is 1.90. The van der Waals surface area contributed by atoms with Crippen LogP contribution in [-0.2, 0) is 0 Å². The van der Waals surface area contributed by atoms with E-state index in [2.05, 4.69) is 33.4 Å². The topological polar surface area (TPSA) is 0 Å². The highest BCUT2D eigenvalue weighted by Crippen LogP contribution is 2.08. The zero-order valence-electron chi connectivity index (χ0n) is 10.8. The molecule has 0 aliphatic carbocycles. The van der Waals surface area contributed by atoms with Crippen LogP contribution in [0, 0.1) is 0 Å². The van der Waals surface area contributed by atoms with Crippen LogP contribution >= 0.6 is 0 Å². The van der Waals surface area contributed by atoms with Crippen molar-refractivity contribution in [3.63, 3.8) is 0 Å². The summed E-state index contributed by atoms with van der Waals surface area (Å²) in [7, 11) is 0. The number of hydrogen-bond acceptors (Lipinski definition) is 0. The van der Waals surface area contributed by atoms with Crippen LogP contribution in [0.25, 0.3) is 0 Å². The van der Waals surface area contributed by atoms with Crippen LogP contribution in [0.5, 0.6) is 0 Å². The summed E-state index contributed by atoms with van der Waals surface area (Å²) in [5.41, 5.74) is 2.79. The average Bonchev–Trinajstić information content (AvgIpc) is 2.12. The quantitative estimate of drug-likeness (QED) is 0.402. The predicted molar refractivity (Wildman–Crippen MR) is 68.7 cm³/mol. The lowest BCUT2D eigenvalue weighted by molar-refractivity contribution is 0.801. The van der Waals surface area contributed by atoms with Gasteiger partial charge in [0.25, 0.3) is 0 Å². The first-order valence-electron chi connectivity index (χ1n) is 5.88. The first-order chi connectivity index (χ1) is 6.58. The van der Waals surface area contributed by atoms with Crippen LogP contribution in [0.15, 0.2) is 23.8 Å². The van der Waals surface area contributed by atoms with Crippen molar-refractivity contribution in [3.8, 4) is 0 Å². The van der Waals surface area contributed by atoms with Crippen molar-refractivity contribution >= 4 is 0 Å². The van der Waals surface area contributed by atoms with Crippen LogP contribution in [0.3, 0.4) is 0 Å². The van der Waals surface area contributed by atoms with Crippen LogP contribution in [-0.4, -0.2) is 0 Å². The second kappa shape index (κ2) is 12.5. The Hall–Kier alpha value is -0.520. The number of unbranched alkanes of at least 4 members (excludes halogenated alkanes) is 2. The van der Waals surface area contributed by atoms with Gasteiger partial charge < -0.3 is 0 Å². The van der Waals surface area contributed by atoms with Crippen LogP contribution in [0.2, 0.25) is 0 Å². The molecule has 84 valence electrons. The average molecular weight is 196 g/mol. The molecule has 0 bridgehead atoms. The molecule has 0 nitrogen and oxygen atoms in total. The smallest absolute Gasteiger partial charge is 0.0348 e. The Labute approximate surface area is 91.1 Å². The number of rotatable bonds is 5. The molecule has 0 aliphatic rings. The molecule has 0 fully saturated rings. The fraction of sp³-hybridized carbons (Fsp3) is 0.714. The third-order valence-corrected chi connectivity index (χ3v) is 1.90. The molecule has 0 heteroatoms. The van der Waals surface area contributed by atoms with Gasteiger partial charge in [0.2, 0.25) is 0 Å². The Morgan fingerprint density at radius 3 is 1.79 bits per heavy atom. The van der Waals surface area contributed by atoms with Crippen molar-refractivity contribution in [2.45, 2.75) is 66.7 Å². The minimum absolute atomic E-state index is 1.17. The van der Waals surface area contributed by atoms with E-state index in [9.17, 15) is 0 Å². The van der Waals surface area contributed by atoms with E-state index in [1.54, 1.807) is 5.57 Å². The first kappa shape index (κ1) is 15.9. The van der Waals surface area contributed by atoms with Crippen molar-refractivity contribution in [3.05, 3.63) is 23.8 Å². The van der Waals surface area contributed by atoms with Crippen LogP contribution < -0.4 is 0 Å². The maximum Gasteiger partial charge on any atom is -0.0348 e. The Morgan fingerprint density at radius 2 is 1.50 bits per heavy atom. The molecule has 0 heterocycles. The fourth-order valence-corrected chi connectivity index (χ4v) is 1.05. The molecule has 0 saturated heterocycles. The third kappa shape index (κ3) is 17.5. The summed E-state index contributed by atoms with van der Waals surface area (Å²) < 4.78 is 0. The lowest BCUT2D eigenvalue weighted by atomic mass is 10.1. The molecular weight excluding hydrogens is 168 g/mol. The lowest BCUT2D eigenvalue weighted by Crippen LogP contribution is -1.77. The summed E-state index contributed by atoms with van der Waals surface area (Å²) in [5, 5.41) is 0. The fourth-order valence-electron chi connectivity index (χ4n) is 1.05. The van der Waals surface area contributed by atoms with E-state index in [4.69, 9.17) is 0 Å². The largest absolute Gasteiger partial charge is 0.100 e. The van der Waals surface area contributed by atoms with Crippen molar-refractivity contribution in [1.29, 1.82) is 0 Å². The summed E-state index contributed by atoms with van der Waals surface area (Å²) in [6.45, 7) is 14.2. The van der Waals surface area contributed by atoms with E-state index in [-0.39, 0.29) is 0 Å². The molecule has 0 aromatic rings. The molecule has 0 amide bonds. The molecule has 0 aromatic carbocycles. The summed E-state index contributed by atoms with van der Waals surface area (Å²) in [6.07, 6.45) is 8.83. The molecule has 14 heavy (non-hydrogen) atoms. The highest BCUT2D eigenvalue weighted by atomic mass is 13.9. The van der Waals surface area contributed by atoms with Gasteiger partial charge in [0.1, 0.15) is 0 Å². The highest BCUT2D eigenvalue weighted by Gasteiger charge is 1.87. The predicted octanol–water partition coefficient (Wildman–Crippen LogP) is 5.51. The Balaban J connectivity index is 0. The SMILES string of the molecule is C=C(C)C.CCCCC=C(CC)CC. The summed E-state index contributed by atoms with van der Waals surface area (Å²) in [4.78, 5) is 0. The molecular formula is C14H28. The monoisotopic (exact) mass is 196 g/mol. The van der Waals surface area contributed by atoms with Gasteiger partial charge in [0, 0.05) is 0 Å². The second-order valence-electron chi connectivity index (χ2n) is 3.92. The highest BCUT2D eigenvalue weighted by molar-refractivity contribution is 4.99. The maximum atomic E-state index is 3.56. The molecule has 0 radical (unpaired) electrons. The molecule has 0 rings (SSSR count). The number of hydrogen-bond donors (Lipinski definition) is 0. The second-order valence-corrected chi connectivity index (χ2v) is 3.92. The van der Waals surface area contributed by atoms with Gasteiger partial charge in [-0.2, -0.15) is 0 Å². The Kier molecular flexibility index (Phi) is 14.2. The molecule has 0 atom stereocenters. The van der Waals surface area contributed by atoms with Gasteiger partial charge in [0.05, 0.1) is 0 Å². The molecule has 0 saturated carbocycles. The van der Waals surface area contributed by atoms with E-state index >= 15 is 0 Å².